The third-order valence-corrected chi connectivity index (χ3v) is 6.49. The standard InChI is InChI=1S/C24H18ClN5O4S/c25-15-9-10-18(21(13-15)30(32)33)26-22(31)14-35-24-28-27-23(34-24)11-12-29-19-7-3-1-5-16(19)17-6-2-4-8-20(17)29/h1-10,13H,11-12,14H2,(H,26,31). The smallest absolute Gasteiger partial charge is 0.294 e. The molecular weight excluding hydrogens is 490 g/mol. The van der Waals surface area contributed by atoms with Crippen LogP contribution in [0.5, 0.6) is 0 Å². The van der Waals surface area contributed by atoms with E-state index in [4.69, 9.17) is 16.0 Å². The summed E-state index contributed by atoms with van der Waals surface area (Å²) in [5.74, 6) is -0.0255. The lowest BCUT2D eigenvalue weighted by Gasteiger charge is -2.05. The summed E-state index contributed by atoms with van der Waals surface area (Å²) < 4.78 is 7.94. The van der Waals surface area contributed by atoms with Crippen LogP contribution in [0.15, 0.2) is 76.4 Å². The van der Waals surface area contributed by atoms with Gasteiger partial charge in [-0.2, -0.15) is 0 Å². The van der Waals surface area contributed by atoms with Crippen LogP contribution in [0.3, 0.4) is 0 Å². The number of anilines is 1. The molecule has 0 radical (unpaired) electrons. The number of hydrogen-bond acceptors (Lipinski definition) is 7. The largest absolute Gasteiger partial charge is 0.416 e. The zero-order chi connectivity index (χ0) is 24.4. The number of nitrogens with one attached hydrogen (secondary N) is 1. The Balaban J connectivity index is 1.22. The van der Waals surface area contributed by atoms with E-state index in [2.05, 4.69) is 44.3 Å². The molecule has 1 N–H and O–H groups in total. The second-order valence-electron chi connectivity index (χ2n) is 7.65. The number of aryl methyl sites for hydroxylation is 2. The molecule has 0 aliphatic heterocycles. The minimum absolute atomic E-state index is 0.0473. The molecule has 1 amide bonds. The van der Waals surface area contributed by atoms with E-state index in [9.17, 15) is 14.9 Å². The first-order chi connectivity index (χ1) is 17.0. The fraction of sp³-hybridized carbons (Fsp3) is 0.125. The van der Waals surface area contributed by atoms with Gasteiger partial charge in [0.25, 0.3) is 10.9 Å². The monoisotopic (exact) mass is 507 g/mol. The lowest BCUT2D eigenvalue weighted by molar-refractivity contribution is -0.383. The van der Waals surface area contributed by atoms with Crippen molar-refractivity contribution in [3.63, 3.8) is 0 Å². The number of fused-ring (bicyclic) bond motifs is 3. The van der Waals surface area contributed by atoms with Crippen molar-refractivity contribution in [2.45, 2.75) is 18.2 Å². The van der Waals surface area contributed by atoms with Crippen molar-refractivity contribution in [2.24, 2.45) is 0 Å². The number of nitro groups is 1. The maximum Gasteiger partial charge on any atom is 0.294 e. The fourth-order valence-corrected chi connectivity index (χ4v) is 4.67. The molecule has 0 bridgehead atoms. The van der Waals surface area contributed by atoms with Gasteiger partial charge in [0, 0.05) is 45.9 Å². The number of carbonyl (C=O) groups is 1. The number of hydrogen-bond donors (Lipinski definition) is 1. The van der Waals surface area contributed by atoms with Gasteiger partial charge in [-0.1, -0.05) is 59.8 Å². The van der Waals surface area contributed by atoms with Crippen LogP contribution in [0.1, 0.15) is 5.89 Å². The maximum absolute atomic E-state index is 12.3. The quantitative estimate of drug-likeness (QED) is 0.162. The van der Waals surface area contributed by atoms with Crippen LogP contribution in [0.4, 0.5) is 11.4 Å². The van der Waals surface area contributed by atoms with Crippen LogP contribution >= 0.6 is 23.4 Å². The predicted molar refractivity (Wildman–Crippen MR) is 135 cm³/mol. The van der Waals surface area contributed by atoms with Gasteiger partial charge in [0.2, 0.25) is 11.8 Å². The summed E-state index contributed by atoms with van der Waals surface area (Å²) in [5.41, 5.74) is 2.06. The summed E-state index contributed by atoms with van der Waals surface area (Å²) >= 11 is 6.87. The third kappa shape index (κ3) is 4.84. The van der Waals surface area contributed by atoms with E-state index in [0.29, 0.717) is 18.9 Å². The molecular formula is C24H18ClN5O4S. The van der Waals surface area contributed by atoms with Crippen LogP contribution in [-0.2, 0) is 17.8 Å². The Morgan fingerprint density at radius 1 is 1.06 bits per heavy atom. The molecule has 176 valence electrons. The Bertz CT molecular complexity index is 1510. The molecule has 2 aromatic heterocycles. The summed E-state index contributed by atoms with van der Waals surface area (Å²) in [6.45, 7) is 0.654. The Labute approximate surface area is 208 Å². The summed E-state index contributed by atoms with van der Waals surface area (Å²) in [5, 5.41) is 24.7. The second-order valence-corrected chi connectivity index (χ2v) is 9.02. The highest BCUT2D eigenvalue weighted by Crippen LogP contribution is 2.30. The zero-order valence-corrected chi connectivity index (χ0v) is 19.8. The first kappa shape index (κ1) is 22.9. The van der Waals surface area contributed by atoms with E-state index < -0.39 is 10.8 Å². The summed E-state index contributed by atoms with van der Waals surface area (Å²) in [6.07, 6.45) is 0.527. The molecule has 0 aliphatic carbocycles. The van der Waals surface area contributed by atoms with Crippen molar-refractivity contribution in [2.75, 3.05) is 11.1 Å². The van der Waals surface area contributed by atoms with Gasteiger partial charge in [-0.3, -0.25) is 14.9 Å². The van der Waals surface area contributed by atoms with Gasteiger partial charge < -0.3 is 14.3 Å². The predicted octanol–water partition coefficient (Wildman–Crippen LogP) is 5.71. The number of rotatable bonds is 8. The molecule has 5 rings (SSSR count). The fourth-order valence-electron chi connectivity index (χ4n) is 3.92. The second kappa shape index (κ2) is 9.77. The van der Waals surface area contributed by atoms with Crippen LogP contribution in [0.25, 0.3) is 21.8 Å². The molecule has 0 aliphatic rings. The van der Waals surface area contributed by atoms with Gasteiger partial charge in [-0.25, -0.2) is 0 Å². The number of thioether (sulfide) groups is 1. The summed E-state index contributed by atoms with van der Waals surface area (Å²) in [7, 11) is 0. The number of nitrogens with zero attached hydrogens (tertiary/aromatic N) is 4. The molecule has 11 heteroatoms. The molecule has 0 unspecified atom stereocenters. The van der Waals surface area contributed by atoms with Crippen LogP contribution in [-0.4, -0.2) is 31.3 Å². The molecule has 5 aromatic rings. The highest BCUT2D eigenvalue weighted by Gasteiger charge is 2.18. The maximum atomic E-state index is 12.3. The number of amides is 1. The van der Waals surface area contributed by atoms with E-state index in [1.165, 1.54) is 29.0 Å². The highest BCUT2D eigenvalue weighted by atomic mass is 35.5. The lowest BCUT2D eigenvalue weighted by Crippen LogP contribution is -2.15. The average Bonchev–Trinajstić information content (AvgIpc) is 3.45. The minimum atomic E-state index is -0.601. The topological polar surface area (TPSA) is 116 Å². The normalized spacial score (nSPS) is 11.2. The van der Waals surface area contributed by atoms with E-state index in [0.717, 1.165) is 22.8 Å². The van der Waals surface area contributed by atoms with Gasteiger partial charge >= 0.3 is 0 Å². The first-order valence-electron chi connectivity index (χ1n) is 10.6. The SMILES string of the molecule is O=C(CSc1nnc(CCn2c3ccccc3c3ccccc32)o1)Nc1ccc(Cl)cc1[N+](=O)[O-]. The first-order valence-corrected chi connectivity index (χ1v) is 12.0. The number of carbonyl (C=O) groups excluding carboxylic acids is 1. The molecule has 0 atom stereocenters. The van der Waals surface area contributed by atoms with Crippen molar-refractivity contribution >= 4 is 62.5 Å². The van der Waals surface area contributed by atoms with Gasteiger partial charge in [0.1, 0.15) is 5.69 Å². The number of nitro benzene ring substituents is 1. The Morgan fingerprint density at radius 3 is 2.43 bits per heavy atom. The molecule has 0 fully saturated rings. The molecule has 0 spiro atoms. The molecule has 35 heavy (non-hydrogen) atoms. The Morgan fingerprint density at radius 2 is 1.74 bits per heavy atom. The van der Waals surface area contributed by atoms with Crippen LogP contribution in [0.2, 0.25) is 5.02 Å². The van der Waals surface area contributed by atoms with E-state index in [-0.39, 0.29) is 27.4 Å². The van der Waals surface area contributed by atoms with Gasteiger partial charge in [-0.15, -0.1) is 10.2 Å². The zero-order valence-electron chi connectivity index (χ0n) is 18.2. The van der Waals surface area contributed by atoms with Gasteiger partial charge in [0.15, 0.2) is 0 Å². The molecule has 0 saturated heterocycles. The van der Waals surface area contributed by atoms with Crippen molar-refractivity contribution in [1.29, 1.82) is 0 Å². The Kier molecular flexibility index (Phi) is 6.39. The average molecular weight is 508 g/mol. The third-order valence-electron chi connectivity index (χ3n) is 5.43. The van der Waals surface area contributed by atoms with Crippen LogP contribution in [0, 0.1) is 10.1 Å². The Hall–Kier alpha value is -3.89. The van der Waals surface area contributed by atoms with Crippen molar-refractivity contribution in [3.8, 4) is 0 Å². The highest BCUT2D eigenvalue weighted by molar-refractivity contribution is 7.99. The number of aromatic nitrogens is 3. The van der Waals surface area contributed by atoms with Crippen molar-refractivity contribution in [3.05, 3.63) is 87.8 Å². The summed E-state index contributed by atoms with van der Waals surface area (Å²) in [4.78, 5) is 22.9. The van der Waals surface area contributed by atoms with Crippen LogP contribution < -0.4 is 5.32 Å². The molecule has 9 nitrogen and oxygen atoms in total. The minimum Gasteiger partial charge on any atom is -0.416 e. The van der Waals surface area contributed by atoms with E-state index >= 15 is 0 Å². The van der Waals surface area contributed by atoms with Gasteiger partial charge in [0.05, 0.1) is 10.7 Å². The van der Waals surface area contributed by atoms with E-state index in [1.54, 1.807) is 0 Å². The van der Waals surface area contributed by atoms with Crippen molar-refractivity contribution < 1.29 is 14.1 Å². The molecule has 2 heterocycles. The summed E-state index contributed by atoms with van der Waals surface area (Å²) in [6, 6.07) is 20.5. The lowest BCUT2D eigenvalue weighted by atomic mass is 10.2. The number of halogens is 1. The van der Waals surface area contributed by atoms with Crippen molar-refractivity contribution in [1.82, 2.24) is 14.8 Å². The number of benzene rings is 3. The number of para-hydroxylation sites is 2. The molecule has 3 aromatic carbocycles. The van der Waals surface area contributed by atoms with Gasteiger partial charge in [-0.05, 0) is 24.3 Å². The van der Waals surface area contributed by atoms with E-state index in [1.807, 2.05) is 24.3 Å². The molecule has 0 saturated carbocycles.